The molecule has 0 atom stereocenters. The fourth-order valence-electron chi connectivity index (χ4n) is 0.500. The molecule has 0 aromatic rings. The molecule has 7 heavy (non-hydrogen) atoms. The zero-order valence-electron chi connectivity index (χ0n) is 5.24. The van der Waals surface area contributed by atoms with Crippen LogP contribution in [0.3, 0.4) is 0 Å². The predicted octanol–water partition coefficient (Wildman–Crippen LogP) is 2.58. The topological polar surface area (TPSA) is 0 Å². The van der Waals surface area contributed by atoms with Gasteiger partial charge in [-0.25, -0.2) is 0 Å². The molecule has 0 aromatic heterocycles. The SMILES string of the molecule is CCCCCC.[Cr+2]. The molecule has 0 rings (SSSR count). The van der Waals surface area contributed by atoms with Crippen LogP contribution >= 0.6 is 0 Å². The van der Waals surface area contributed by atoms with E-state index in [2.05, 4.69) is 13.8 Å². The van der Waals surface area contributed by atoms with Crippen LogP contribution in [0.2, 0.25) is 0 Å². The van der Waals surface area contributed by atoms with Crippen molar-refractivity contribution >= 4 is 0 Å². The Labute approximate surface area is 57.4 Å². The second-order valence-corrected chi connectivity index (χ2v) is 1.71. The maximum Gasteiger partial charge on any atom is 2.00 e. The summed E-state index contributed by atoms with van der Waals surface area (Å²) >= 11 is 0. The van der Waals surface area contributed by atoms with Crippen molar-refractivity contribution in [3.05, 3.63) is 0 Å². The van der Waals surface area contributed by atoms with Crippen LogP contribution in [0.25, 0.3) is 0 Å². The van der Waals surface area contributed by atoms with E-state index in [-0.39, 0.29) is 17.4 Å². The van der Waals surface area contributed by atoms with Gasteiger partial charge >= 0.3 is 17.4 Å². The number of hydrogen-bond donors (Lipinski definition) is 0. The largest absolute Gasteiger partial charge is 2.00 e. The van der Waals surface area contributed by atoms with Crippen LogP contribution in [0.1, 0.15) is 39.5 Å². The molecule has 0 fully saturated rings. The second-order valence-electron chi connectivity index (χ2n) is 1.71. The number of hydrogen-bond acceptors (Lipinski definition) is 0. The van der Waals surface area contributed by atoms with Gasteiger partial charge in [-0.3, -0.25) is 0 Å². The minimum absolute atomic E-state index is 0. The average molecular weight is 138 g/mol. The average Bonchev–Trinajstić information content (AvgIpc) is 1.61. The van der Waals surface area contributed by atoms with Gasteiger partial charge < -0.3 is 0 Å². The van der Waals surface area contributed by atoms with Gasteiger partial charge in [-0.15, -0.1) is 0 Å². The van der Waals surface area contributed by atoms with Crippen LogP contribution in [-0.2, 0) is 17.4 Å². The molecule has 0 aliphatic rings. The zero-order valence-corrected chi connectivity index (χ0v) is 6.51. The summed E-state index contributed by atoms with van der Waals surface area (Å²) in [6.45, 7) is 4.46. The zero-order chi connectivity index (χ0) is 4.83. The monoisotopic (exact) mass is 138 g/mol. The molecule has 0 nitrogen and oxygen atoms in total. The smallest absolute Gasteiger partial charge is 0.0654 e. The molecule has 0 bridgehead atoms. The van der Waals surface area contributed by atoms with Crippen molar-refractivity contribution in [3.63, 3.8) is 0 Å². The third kappa shape index (κ3) is 10.8. The Hall–Kier alpha value is 0.532. The first-order valence-electron chi connectivity index (χ1n) is 2.91. The first-order valence-corrected chi connectivity index (χ1v) is 2.91. The summed E-state index contributed by atoms with van der Waals surface area (Å²) in [7, 11) is 0. The van der Waals surface area contributed by atoms with Crippen molar-refractivity contribution in [2.75, 3.05) is 0 Å². The van der Waals surface area contributed by atoms with E-state index in [9.17, 15) is 0 Å². The van der Waals surface area contributed by atoms with E-state index in [1.54, 1.807) is 0 Å². The summed E-state index contributed by atoms with van der Waals surface area (Å²) < 4.78 is 0. The van der Waals surface area contributed by atoms with Gasteiger partial charge in [-0.2, -0.15) is 0 Å². The molecular formula is C6H14Cr+2. The molecule has 1 heteroatoms. The van der Waals surface area contributed by atoms with Crippen molar-refractivity contribution in [1.82, 2.24) is 0 Å². The molecule has 0 spiro atoms. The summed E-state index contributed by atoms with van der Waals surface area (Å²) in [6.07, 6.45) is 5.54. The van der Waals surface area contributed by atoms with Gasteiger partial charge in [0.1, 0.15) is 0 Å². The molecule has 0 N–H and O–H groups in total. The van der Waals surface area contributed by atoms with E-state index in [1.807, 2.05) is 0 Å². The summed E-state index contributed by atoms with van der Waals surface area (Å²) in [5, 5.41) is 0. The standard InChI is InChI=1S/C6H14.Cr/c1-3-5-6-4-2;/h3-6H2,1-2H3;/q;+2. The van der Waals surface area contributed by atoms with Crippen LogP contribution in [0.4, 0.5) is 0 Å². The van der Waals surface area contributed by atoms with Crippen LogP contribution < -0.4 is 0 Å². The Morgan fingerprint density at radius 3 is 1.29 bits per heavy atom. The quantitative estimate of drug-likeness (QED) is 0.526. The van der Waals surface area contributed by atoms with Crippen molar-refractivity contribution in [2.24, 2.45) is 0 Å². The Morgan fingerprint density at radius 2 is 1.14 bits per heavy atom. The molecule has 0 aliphatic carbocycles. The Kier molecular flexibility index (Phi) is 14.6. The fourth-order valence-corrected chi connectivity index (χ4v) is 0.500. The third-order valence-corrected chi connectivity index (χ3v) is 0.957. The van der Waals surface area contributed by atoms with E-state index in [0.29, 0.717) is 0 Å². The molecule has 42 valence electrons. The van der Waals surface area contributed by atoms with E-state index < -0.39 is 0 Å². The normalized spacial score (nSPS) is 7.71. The van der Waals surface area contributed by atoms with Gasteiger partial charge in [0.2, 0.25) is 0 Å². The molecule has 0 heterocycles. The van der Waals surface area contributed by atoms with E-state index >= 15 is 0 Å². The first-order chi connectivity index (χ1) is 2.91. The van der Waals surface area contributed by atoms with Gasteiger partial charge in [0.25, 0.3) is 0 Å². The first kappa shape index (κ1) is 10.5. The Morgan fingerprint density at radius 1 is 0.857 bits per heavy atom. The van der Waals surface area contributed by atoms with Gasteiger partial charge in [-0.1, -0.05) is 39.5 Å². The number of unbranched alkanes of at least 4 members (excludes halogenated alkanes) is 3. The summed E-state index contributed by atoms with van der Waals surface area (Å²) in [6, 6.07) is 0. The molecule has 0 saturated heterocycles. The molecule has 0 aromatic carbocycles. The fraction of sp³-hybridized carbons (Fsp3) is 1.00. The van der Waals surface area contributed by atoms with E-state index in [0.717, 1.165) is 0 Å². The molecule has 0 radical (unpaired) electrons. The molecular weight excluding hydrogens is 124 g/mol. The third-order valence-electron chi connectivity index (χ3n) is 0.957. The van der Waals surface area contributed by atoms with Crippen LogP contribution in [-0.4, -0.2) is 0 Å². The maximum absolute atomic E-state index is 2.23. The van der Waals surface area contributed by atoms with Gasteiger partial charge in [0, 0.05) is 0 Å². The minimum Gasteiger partial charge on any atom is -0.0654 e. The van der Waals surface area contributed by atoms with Crippen molar-refractivity contribution in [1.29, 1.82) is 0 Å². The molecule has 0 unspecified atom stereocenters. The van der Waals surface area contributed by atoms with Gasteiger partial charge in [0.15, 0.2) is 0 Å². The van der Waals surface area contributed by atoms with Crippen molar-refractivity contribution in [2.45, 2.75) is 39.5 Å². The second kappa shape index (κ2) is 9.73. The summed E-state index contributed by atoms with van der Waals surface area (Å²) in [4.78, 5) is 0. The maximum atomic E-state index is 2.23. The van der Waals surface area contributed by atoms with Crippen molar-refractivity contribution < 1.29 is 17.4 Å². The summed E-state index contributed by atoms with van der Waals surface area (Å²) in [5.74, 6) is 0. The van der Waals surface area contributed by atoms with Crippen molar-refractivity contribution in [3.8, 4) is 0 Å². The Balaban J connectivity index is 0. The predicted molar refractivity (Wildman–Crippen MR) is 29.8 cm³/mol. The van der Waals surface area contributed by atoms with Crippen LogP contribution in [0.5, 0.6) is 0 Å². The molecule has 0 amide bonds. The number of rotatable bonds is 3. The van der Waals surface area contributed by atoms with E-state index in [4.69, 9.17) is 0 Å². The summed E-state index contributed by atoms with van der Waals surface area (Å²) in [5.41, 5.74) is 0. The van der Waals surface area contributed by atoms with Gasteiger partial charge in [-0.05, 0) is 0 Å². The minimum atomic E-state index is 0. The van der Waals surface area contributed by atoms with E-state index in [1.165, 1.54) is 25.7 Å². The van der Waals surface area contributed by atoms with Gasteiger partial charge in [0.05, 0.1) is 0 Å². The molecule has 0 aliphatic heterocycles. The van der Waals surface area contributed by atoms with Crippen LogP contribution in [0, 0.1) is 0 Å². The Bertz CT molecular complexity index is 16.1. The molecule has 0 saturated carbocycles. The van der Waals surface area contributed by atoms with Crippen LogP contribution in [0.15, 0.2) is 0 Å².